The second-order valence-corrected chi connectivity index (χ2v) is 11.4. The third-order valence-corrected chi connectivity index (χ3v) is 8.98. The Morgan fingerprint density at radius 1 is 0.943 bits per heavy atom. The van der Waals surface area contributed by atoms with E-state index in [0.717, 1.165) is 44.5 Å². The van der Waals surface area contributed by atoms with E-state index in [2.05, 4.69) is 6.92 Å². The van der Waals surface area contributed by atoms with Gasteiger partial charge in [-0.1, -0.05) is 38.3 Å². The number of ether oxygens (including phenoxy) is 4. The average molecular weight is 491 g/mol. The third-order valence-electron chi connectivity index (χ3n) is 8.98. The molecule has 1 aromatic carbocycles. The van der Waals surface area contributed by atoms with Crippen molar-refractivity contribution < 1.29 is 28.4 Å². The van der Waals surface area contributed by atoms with Crippen LogP contribution in [0.15, 0.2) is 18.2 Å². The molecule has 4 fully saturated rings. The van der Waals surface area contributed by atoms with Gasteiger partial charge >= 0.3 is 0 Å². The van der Waals surface area contributed by atoms with Crippen molar-refractivity contribution in [1.29, 1.82) is 0 Å². The van der Waals surface area contributed by atoms with Crippen LogP contribution in [0.25, 0.3) is 0 Å². The molecule has 35 heavy (non-hydrogen) atoms. The second-order valence-electron chi connectivity index (χ2n) is 11.4. The number of rotatable bonds is 7. The van der Waals surface area contributed by atoms with E-state index in [1.807, 2.05) is 12.1 Å². The van der Waals surface area contributed by atoms with Crippen molar-refractivity contribution in [3.63, 3.8) is 0 Å². The first kappa shape index (κ1) is 25.6. The van der Waals surface area contributed by atoms with Crippen LogP contribution in [0.1, 0.15) is 101 Å². The summed E-state index contributed by atoms with van der Waals surface area (Å²) in [6.07, 6.45) is 11.2. The van der Waals surface area contributed by atoms with Gasteiger partial charge in [0.05, 0.1) is 32.0 Å². The summed E-state index contributed by atoms with van der Waals surface area (Å²) in [6.45, 7) is 5.08. The highest BCUT2D eigenvalue weighted by molar-refractivity contribution is 5.32. The number of aliphatic hydroxyl groups is 1. The molecule has 1 aromatic rings. The van der Waals surface area contributed by atoms with Crippen molar-refractivity contribution in [2.75, 3.05) is 26.4 Å². The smallest absolute Gasteiger partial charge is 0.168 e. The van der Waals surface area contributed by atoms with Crippen LogP contribution in [0, 0.1) is 17.7 Å². The lowest BCUT2D eigenvalue weighted by Crippen LogP contribution is -2.42. The third kappa shape index (κ3) is 5.77. The fraction of sp³-hybridized carbons (Fsp3) is 0.793. The monoisotopic (exact) mass is 490 g/mol. The summed E-state index contributed by atoms with van der Waals surface area (Å²) in [5.41, 5.74) is 0.315. The van der Waals surface area contributed by atoms with Crippen molar-refractivity contribution >= 4 is 0 Å². The summed E-state index contributed by atoms with van der Waals surface area (Å²) in [7, 11) is 0. The Bertz CT molecular complexity index is 812. The van der Waals surface area contributed by atoms with Gasteiger partial charge in [0, 0.05) is 30.2 Å². The van der Waals surface area contributed by atoms with Crippen molar-refractivity contribution in [3.8, 4) is 0 Å². The molecule has 2 saturated heterocycles. The molecule has 5 rings (SSSR count). The largest absolute Gasteiger partial charge is 0.385 e. The van der Waals surface area contributed by atoms with Crippen LogP contribution in [0.3, 0.4) is 0 Å². The average Bonchev–Trinajstić information content (AvgIpc) is 3.35. The van der Waals surface area contributed by atoms with E-state index < -0.39 is 11.4 Å². The Kier molecular flexibility index (Phi) is 8.15. The van der Waals surface area contributed by atoms with Crippen LogP contribution in [0.2, 0.25) is 0 Å². The van der Waals surface area contributed by atoms with Crippen LogP contribution in [-0.2, 0) is 24.5 Å². The molecule has 1 spiro atoms. The van der Waals surface area contributed by atoms with Gasteiger partial charge in [0.1, 0.15) is 5.82 Å². The van der Waals surface area contributed by atoms with E-state index >= 15 is 4.39 Å². The topological polar surface area (TPSA) is 57.2 Å². The maximum atomic E-state index is 15.3. The number of benzene rings is 1. The van der Waals surface area contributed by atoms with Crippen molar-refractivity contribution in [2.45, 2.75) is 108 Å². The first-order valence-corrected chi connectivity index (χ1v) is 14.0. The Balaban J connectivity index is 1.12. The highest BCUT2D eigenvalue weighted by Crippen LogP contribution is 2.46. The summed E-state index contributed by atoms with van der Waals surface area (Å²) in [5, 5.41) is 11.2. The molecule has 0 amide bonds. The molecule has 0 bridgehead atoms. The van der Waals surface area contributed by atoms with Gasteiger partial charge in [-0.05, 0) is 62.5 Å². The Hall–Kier alpha value is -1.05. The van der Waals surface area contributed by atoms with E-state index in [4.69, 9.17) is 18.9 Å². The Morgan fingerprint density at radius 2 is 1.63 bits per heavy atom. The number of halogens is 1. The molecule has 0 aromatic heterocycles. The fourth-order valence-corrected chi connectivity index (χ4v) is 6.67. The SMILES string of the molecule is CCCCCC1COC(C2CCC(c3ccc(C4(O)CCC5(CC4)OCCO5)c(F)c3)CC2)OC1. The molecular formula is C29H43FO5. The van der Waals surface area contributed by atoms with Crippen molar-refractivity contribution in [1.82, 2.24) is 0 Å². The molecule has 5 nitrogen and oxygen atoms in total. The molecule has 196 valence electrons. The second kappa shape index (κ2) is 11.1. The molecule has 0 radical (unpaired) electrons. The molecule has 2 aliphatic carbocycles. The van der Waals surface area contributed by atoms with Gasteiger partial charge in [-0.15, -0.1) is 0 Å². The van der Waals surface area contributed by atoms with Crippen LogP contribution >= 0.6 is 0 Å². The quantitative estimate of drug-likeness (QED) is 0.463. The summed E-state index contributed by atoms with van der Waals surface area (Å²) in [5.74, 6) is 0.470. The van der Waals surface area contributed by atoms with Crippen LogP contribution in [-0.4, -0.2) is 43.6 Å². The highest BCUT2D eigenvalue weighted by Gasteiger charge is 2.47. The molecule has 1 N–H and O–H groups in total. The minimum atomic E-state index is -1.15. The predicted octanol–water partition coefficient (Wildman–Crippen LogP) is 6.17. The normalized spacial score (nSPS) is 32.7. The molecule has 2 heterocycles. The van der Waals surface area contributed by atoms with Gasteiger partial charge in [-0.3, -0.25) is 0 Å². The molecule has 0 atom stereocenters. The van der Waals surface area contributed by atoms with E-state index in [0.29, 0.717) is 62.2 Å². The Morgan fingerprint density at radius 3 is 2.26 bits per heavy atom. The molecule has 0 unspecified atom stereocenters. The standard InChI is InChI=1S/C29H43FO5/c1-2-3-4-5-21-19-32-27(33-20-21)23-8-6-22(7-9-23)24-10-11-25(26(30)18-24)28(31)12-14-29(15-13-28)34-16-17-35-29/h10-11,18,21-23,27,31H,2-9,12-17,19-20H2,1H3. The lowest BCUT2D eigenvalue weighted by atomic mass is 9.75. The maximum absolute atomic E-state index is 15.3. The molecule has 2 saturated carbocycles. The number of hydrogen-bond donors (Lipinski definition) is 1. The summed E-state index contributed by atoms with van der Waals surface area (Å²) in [6, 6.07) is 5.51. The summed E-state index contributed by atoms with van der Waals surface area (Å²) in [4.78, 5) is 0. The molecule has 2 aliphatic heterocycles. The fourth-order valence-electron chi connectivity index (χ4n) is 6.67. The maximum Gasteiger partial charge on any atom is 0.168 e. The first-order valence-electron chi connectivity index (χ1n) is 14.0. The van der Waals surface area contributed by atoms with E-state index in [1.54, 1.807) is 6.07 Å². The Labute approximate surface area is 209 Å². The van der Waals surface area contributed by atoms with Gasteiger partial charge < -0.3 is 24.1 Å². The van der Waals surface area contributed by atoms with Crippen LogP contribution in [0.4, 0.5) is 4.39 Å². The molecule has 6 heteroatoms. The van der Waals surface area contributed by atoms with Gasteiger partial charge in [-0.25, -0.2) is 4.39 Å². The molecular weight excluding hydrogens is 447 g/mol. The minimum absolute atomic E-state index is 0.0749. The van der Waals surface area contributed by atoms with Crippen LogP contribution in [0.5, 0.6) is 0 Å². The number of unbranched alkanes of at least 4 members (excludes halogenated alkanes) is 2. The first-order chi connectivity index (χ1) is 17.0. The van der Waals surface area contributed by atoms with Crippen LogP contribution < -0.4 is 0 Å². The lowest BCUT2D eigenvalue weighted by Gasteiger charge is -2.41. The number of hydrogen-bond acceptors (Lipinski definition) is 5. The summed E-state index contributed by atoms with van der Waals surface area (Å²) >= 11 is 0. The van der Waals surface area contributed by atoms with Gasteiger partial charge in [0.15, 0.2) is 12.1 Å². The van der Waals surface area contributed by atoms with E-state index in [1.165, 1.54) is 25.7 Å². The summed E-state index contributed by atoms with van der Waals surface area (Å²) < 4.78 is 39.0. The van der Waals surface area contributed by atoms with Gasteiger partial charge in [0.25, 0.3) is 0 Å². The van der Waals surface area contributed by atoms with E-state index in [9.17, 15) is 5.11 Å². The zero-order valence-electron chi connectivity index (χ0n) is 21.3. The van der Waals surface area contributed by atoms with Crippen molar-refractivity contribution in [3.05, 3.63) is 35.1 Å². The minimum Gasteiger partial charge on any atom is -0.385 e. The zero-order chi connectivity index (χ0) is 24.3. The van der Waals surface area contributed by atoms with E-state index in [-0.39, 0.29) is 12.1 Å². The van der Waals surface area contributed by atoms with Gasteiger partial charge in [-0.2, -0.15) is 0 Å². The van der Waals surface area contributed by atoms with Crippen molar-refractivity contribution in [2.24, 2.45) is 11.8 Å². The lowest BCUT2D eigenvalue weighted by molar-refractivity contribution is -0.229. The zero-order valence-corrected chi connectivity index (χ0v) is 21.3. The highest BCUT2D eigenvalue weighted by atomic mass is 19.1. The van der Waals surface area contributed by atoms with Gasteiger partial charge in [0.2, 0.25) is 0 Å². The predicted molar refractivity (Wildman–Crippen MR) is 131 cm³/mol. The molecule has 4 aliphatic rings.